The van der Waals surface area contributed by atoms with E-state index in [9.17, 15) is 0 Å². The van der Waals surface area contributed by atoms with Gasteiger partial charge in [-0.1, -0.05) is 0 Å². The molecule has 0 unspecified atom stereocenters. The molecule has 3 N–H and O–H groups in total. The quantitative estimate of drug-likeness (QED) is 0.710. The Morgan fingerprint density at radius 3 is 2.79 bits per heavy atom. The van der Waals surface area contributed by atoms with Crippen LogP contribution in [0.4, 0.5) is 11.8 Å². The molecular formula is C22H28N6O. The van der Waals surface area contributed by atoms with E-state index in [0.29, 0.717) is 5.82 Å². The number of aryl methyl sites for hydroxylation is 1. The number of nitrogens with one attached hydrogen (secondary N) is 1. The van der Waals surface area contributed by atoms with Gasteiger partial charge in [0.15, 0.2) is 0 Å². The first kappa shape index (κ1) is 18.2. The minimum Gasteiger partial charge on any atom is -0.497 e. The Morgan fingerprint density at radius 2 is 2.00 bits per heavy atom. The Hall–Kier alpha value is -2.80. The average Bonchev–Trinajstić information content (AvgIpc) is 3.37. The lowest BCUT2D eigenvalue weighted by Crippen LogP contribution is -2.33. The lowest BCUT2D eigenvalue weighted by Gasteiger charge is -2.29. The summed E-state index contributed by atoms with van der Waals surface area (Å²) in [6.07, 6.45) is 3.31. The van der Waals surface area contributed by atoms with Gasteiger partial charge in [-0.25, -0.2) is 4.98 Å². The van der Waals surface area contributed by atoms with Crippen LogP contribution < -0.4 is 15.4 Å². The van der Waals surface area contributed by atoms with Gasteiger partial charge >= 0.3 is 0 Å². The third-order valence-electron chi connectivity index (χ3n) is 6.30. The van der Waals surface area contributed by atoms with Gasteiger partial charge < -0.3 is 20.4 Å². The number of nitrogens with two attached hydrogens (primary N) is 1. The zero-order valence-electron chi connectivity index (χ0n) is 17.2. The molecule has 0 radical (unpaired) electrons. The highest BCUT2D eigenvalue weighted by atomic mass is 16.5. The highest BCUT2D eigenvalue weighted by molar-refractivity contribution is 5.85. The second-order valence-electron chi connectivity index (χ2n) is 8.13. The minimum absolute atomic E-state index is 0.658. The summed E-state index contributed by atoms with van der Waals surface area (Å²) in [5.41, 5.74) is 12.2. The van der Waals surface area contributed by atoms with Crippen LogP contribution in [-0.4, -0.2) is 46.6 Å². The molecule has 29 heavy (non-hydrogen) atoms. The van der Waals surface area contributed by atoms with Crippen molar-refractivity contribution < 1.29 is 4.74 Å². The molecule has 7 nitrogen and oxygen atoms in total. The Morgan fingerprint density at radius 1 is 1.17 bits per heavy atom. The highest BCUT2D eigenvalue weighted by Gasteiger charge is 2.25. The normalized spacial score (nSPS) is 17.1. The van der Waals surface area contributed by atoms with Crippen molar-refractivity contribution >= 4 is 22.7 Å². The Bertz CT molecular complexity index is 1050. The number of methoxy groups -OCH3 is 1. The Balaban J connectivity index is 1.39. The molecule has 0 saturated carbocycles. The zero-order valence-corrected chi connectivity index (χ0v) is 17.2. The number of anilines is 2. The maximum absolute atomic E-state index is 6.30. The number of nitrogen functional groups attached to an aromatic ring is 1. The summed E-state index contributed by atoms with van der Waals surface area (Å²) in [7, 11) is 1.71. The summed E-state index contributed by atoms with van der Waals surface area (Å²) < 4.78 is 5.39. The van der Waals surface area contributed by atoms with Crippen LogP contribution in [0.2, 0.25) is 0 Å². The summed E-state index contributed by atoms with van der Waals surface area (Å²) in [4.78, 5) is 17.8. The number of fused-ring (bicyclic) bond motifs is 2. The molecule has 2 aromatic heterocycles. The van der Waals surface area contributed by atoms with E-state index in [1.165, 1.54) is 29.5 Å². The van der Waals surface area contributed by atoms with E-state index in [-0.39, 0.29) is 0 Å². The second kappa shape index (κ2) is 7.22. The molecule has 0 aliphatic carbocycles. The van der Waals surface area contributed by atoms with E-state index in [1.807, 2.05) is 6.07 Å². The van der Waals surface area contributed by atoms with E-state index < -0.39 is 0 Å². The molecule has 5 rings (SSSR count). The largest absolute Gasteiger partial charge is 0.497 e. The van der Waals surface area contributed by atoms with Gasteiger partial charge in [-0.3, -0.25) is 4.90 Å². The van der Waals surface area contributed by atoms with Gasteiger partial charge in [0.2, 0.25) is 5.95 Å². The maximum Gasteiger partial charge on any atom is 0.227 e. The predicted molar refractivity (Wildman–Crippen MR) is 115 cm³/mol. The Kier molecular flexibility index (Phi) is 4.54. The molecule has 0 bridgehead atoms. The molecule has 0 amide bonds. The van der Waals surface area contributed by atoms with Crippen LogP contribution in [0.1, 0.15) is 35.4 Å². The van der Waals surface area contributed by atoms with E-state index in [0.717, 1.165) is 67.6 Å². The summed E-state index contributed by atoms with van der Waals surface area (Å²) in [6, 6.07) is 6.19. The number of rotatable bonds is 4. The summed E-state index contributed by atoms with van der Waals surface area (Å²) in [5, 5.41) is 1.22. The first-order valence-corrected chi connectivity index (χ1v) is 10.4. The molecule has 3 aromatic rings. The molecule has 152 valence electrons. The van der Waals surface area contributed by atoms with Gasteiger partial charge in [0.05, 0.1) is 12.8 Å². The van der Waals surface area contributed by atoms with Crippen LogP contribution in [0, 0.1) is 6.92 Å². The highest BCUT2D eigenvalue weighted by Crippen LogP contribution is 2.29. The average molecular weight is 393 g/mol. The molecule has 0 atom stereocenters. The van der Waals surface area contributed by atoms with Crippen molar-refractivity contribution in [3.05, 3.63) is 40.7 Å². The molecule has 1 saturated heterocycles. The first-order valence-electron chi connectivity index (χ1n) is 10.4. The Labute approximate surface area is 170 Å². The maximum atomic E-state index is 6.30. The molecule has 2 aliphatic heterocycles. The van der Waals surface area contributed by atoms with E-state index in [4.69, 9.17) is 15.5 Å². The third kappa shape index (κ3) is 3.29. The van der Waals surface area contributed by atoms with Crippen LogP contribution in [-0.2, 0) is 19.5 Å². The fourth-order valence-corrected chi connectivity index (χ4v) is 4.56. The lowest BCUT2D eigenvalue weighted by atomic mass is 10.0. The summed E-state index contributed by atoms with van der Waals surface area (Å²) >= 11 is 0. The molecule has 1 fully saturated rings. The summed E-state index contributed by atoms with van der Waals surface area (Å²) in [6.45, 7) is 6.87. The third-order valence-corrected chi connectivity index (χ3v) is 6.30. The second-order valence-corrected chi connectivity index (χ2v) is 8.13. The van der Waals surface area contributed by atoms with E-state index >= 15 is 0 Å². The van der Waals surface area contributed by atoms with Crippen molar-refractivity contribution in [1.82, 2.24) is 19.9 Å². The number of hydrogen-bond acceptors (Lipinski definition) is 6. The van der Waals surface area contributed by atoms with Crippen molar-refractivity contribution in [1.29, 1.82) is 0 Å². The molecule has 2 aliphatic rings. The van der Waals surface area contributed by atoms with Crippen molar-refractivity contribution in [3.63, 3.8) is 0 Å². The predicted octanol–water partition coefficient (Wildman–Crippen LogP) is 3.02. The first-order chi connectivity index (χ1) is 14.1. The van der Waals surface area contributed by atoms with Gasteiger partial charge in [-0.2, -0.15) is 4.98 Å². The lowest BCUT2D eigenvalue weighted by molar-refractivity contribution is 0.239. The van der Waals surface area contributed by atoms with E-state index in [1.54, 1.807) is 7.11 Å². The van der Waals surface area contributed by atoms with Crippen molar-refractivity contribution in [2.45, 2.75) is 39.3 Å². The number of H-pyrrole nitrogens is 1. The van der Waals surface area contributed by atoms with Gasteiger partial charge in [-0.15, -0.1) is 0 Å². The van der Waals surface area contributed by atoms with Gasteiger partial charge in [-0.05, 0) is 49.9 Å². The van der Waals surface area contributed by atoms with E-state index in [2.05, 4.69) is 38.8 Å². The topological polar surface area (TPSA) is 83.3 Å². The number of aromatic amines is 1. The van der Waals surface area contributed by atoms with Gasteiger partial charge in [0.25, 0.3) is 0 Å². The molecule has 1 aromatic carbocycles. The number of aromatic nitrogens is 3. The number of benzene rings is 1. The fourth-order valence-electron chi connectivity index (χ4n) is 4.56. The van der Waals surface area contributed by atoms with Crippen LogP contribution in [0.3, 0.4) is 0 Å². The molecule has 4 heterocycles. The zero-order chi connectivity index (χ0) is 20.0. The molecular weight excluding hydrogens is 364 g/mol. The number of nitrogens with zero attached hydrogens (tertiary/aromatic N) is 4. The van der Waals surface area contributed by atoms with Crippen LogP contribution in [0.5, 0.6) is 5.75 Å². The monoisotopic (exact) mass is 392 g/mol. The van der Waals surface area contributed by atoms with Crippen LogP contribution in [0.25, 0.3) is 10.9 Å². The van der Waals surface area contributed by atoms with Crippen LogP contribution >= 0.6 is 0 Å². The SMILES string of the molecule is COc1ccc2[nH]c(CN3CCc4c(N)nc(N5CCCC5)nc4C3)c(C)c2c1. The molecule has 0 spiro atoms. The minimum atomic E-state index is 0.658. The van der Waals surface area contributed by atoms with Crippen molar-refractivity contribution in [2.75, 3.05) is 37.4 Å². The fraction of sp³-hybridized carbons (Fsp3) is 0.455. The number of hydrogen-bond donors (Lipinski definition) is 2. The standard InChI is InChI=1S/C22H28N6O/c1-14-17-11-15(29-2)5-6-18(17)24-19(14)12-27-10-7-16-20(13-27)25-22(26-21(16)23)28-8-3-4-9-28/h5-6,11,24H,3-4,7-10,12-13H2,1-2H3,(H2,23,25,26). The number of ether oxygens (including phenoxy) is 1. The molecule has 7 heteroatoms. The van der Waals surface area contributed by atoms with Gasteiger partial charge in [0, 0.05) is 54.9 Å². The van der Waals surface area contributed by atoms with Crippen molar-refractivity contribution in [3.8, 4) is 5.75 Å². The van der Waals surface area contributed by atoms with Crippen molar-refractivity contribution in [2.24, 2.45) is 0 Å². The smallest absolute Gasteiger partial charge is 0.227 e. The van der Waals surface area contributed by atoms with Gasteiger partial charge in [0.1, 0.15) is 11.6 Å². The van der Waals surface area contributed by atoms with Crippen LogP contribution in [0.15, 0.2) is 18.2 Å². The summed E-state index contributed by atoms with van der Waals surface area (Å²) in [5.74, 6) is 2.35.